The summed E-state index contributed by atoms with van der Waals surface area (Å²) in [5, 5.41) is 0.778. The molecule has 0 heterocycles. The normalized spacial score (nSPS) is 9.77. The van der Waals surface area contributed by atoms with Gasteiger partial charge in [-0.25, -0.2) is 4.79 Å². The summed E-state index contributed by atoms with van der Waals surface area (Å²) in [5.74, 6) is -0.982. The van der Waals surface area contributed by atoms with Crippen molar-refractivity contribution < 1.29 is 14.3 Å². The lowest BCUT2D eigenvalue weighted by atomic mass is 10.1. The van der Waals surface area contributed by atoms with E-state index in [1.807, 2.05) is 0 Å². The van der Waals surface area contributed by atoms with Crippen LogP contribution in [0.15, 0.2) is 18.2 Å². The first kappa shape index (κ1) is 10.3. The van der Waals surface area contributed by atoms with Crippen LogP contribution in [0.5, 0.6) is 0 Å². The average molecular weight is 223 g/mol. The molecule has 0 aliphatic rings. The first-order valence-corrected chi connectivity index (χ1v) is 4.14. The quantitative estimate of drug-likeness (QED) is 0.770. The van der Waals surface area contributed by atoms with Crippen molar-refractivity contribution in [1.82, 2.24) is 0 Å². The fourth-order valence-electron chi connectivity index (χ4n) is 0.848. The van der Waals surface area contributed by atoms with Crippen molar-refractivity contribution in [3.63, 3.8) is 0 Å². The summed E-state index contributed by atoms with van der Waals surface area (Å²) in [4.78, 5) is 13.5. The highest BCUT2D eigenvalue weighted by Crippen LogP contribution is 2.21. The Hall–Kier alpha value is -0.800. The monoisotopic (exact) mass is 222 g/mol. The maximum absolute atomic E-state index is 11.4. The van der Waals surface area contributed by atoms with Crippen molar-refractivity contribution >= 4 is 29.2 Å². The van der Waals surface area contributed by atoms with E-state index in [-0.39, 0.29) is 6.42 Å². The Balaban J connectivity index is 2.83. The van der Waals surface area contributed by atoms with Crippen molar-refractivity contribution in [3.05, 3.63) is 33.8 Å². The predicted molar refractivity (Wildman–Crippen MR) is 47.4 cm³/mol. The van der Waals surface area contributed by atoms with Crippen LogP contribution >= 0.6 is 23.2 Å². The highest BCUT2D eigenvalue weighted by Gasteiger charge is 2.08. The van der Waals surface area contributed by atoms with E-state index in [0.717, 1.165) is 0 Å². The molecule has 0 spiro atoms. The maximum Gasteiger partial charge on any atom is 0.353 e. The Morgan fingerprint density at radius 1 is 1.46 bits per heavy atom. The van der Waals surface area contributed by atoms with E-state index < -0.39 is 5.97 Å². The molecule has 1 aromatic rings. The van der Waals surface area contributed by atoms with Gasteiger partial charge in [0.2, 0.25) is 0 Å². The third-order valence-corrected chi connectivity index (χ3v) is 2.02. The topological polar surface area (TPSA) is 26.3 Å². The largest absolute Gasteiger partial charge is 0.353 e. The summed E-state index contributed by atoms with van der Waals surface area (Å²) in [6.45, 7) is 0. The molecule has 0 N–H and O–H groups in total. The van der Waals surface area contributed by atoms with Gasteiger partial charge in [-0.1, -0.05) is 29.3 Å². The molecule has 0 saturated heterocycles. The van der Waals surface area contributed by atoms with Crippen LogP contribution in [0, 0.1) is 0 Å². The van der Waals surface area contributed by atoms with E-state index in [1.165, 1.54) is 6.07 Å². The molecule has 2 nitrogen and oxygen atoms in total. The molecule has 13 heavy (non-hydrogen) atoms. The standard InChI is InChI=1S/C8H5Cl2FO2/c9-6-2-1-5(7(10)4-6)3-8(12)13-11/h1-2,4H,3H2. The number of benzene rings is 1. The number of rotatable bonds is 2. The van der Waals surface area contributed by atoms with Crippen molar-refractivity contribution in [2.75, 3.05) is 0 Å². The molecule has 0 aliphatic heterocycles. The van der Waals surface area contributed by atoms with Crippen molar-refractivity contribution in [2.45, 2.75) is 6.42 Å². The van der Waals surface area contributed by atoms with Gasteiger partial charge in [-0.05, 0) is 17.7 Å². The minimum absolute atomic E-state index is 0.202. The van der Waals surface area contributed by atoms with Crippen LogP contribution in [0.3, 0.4) is 0 Å². The molecule has 1 aromatic carbocycles. The molecule has 0 aromatic heterocycles. The minimum Gasteiger partial charge on any atom is -0.255 e. The van der Waals surface area contributed by atoms with Gasteiger partial charge in [0.15, 0.2) is 0 Å². The molecule has 0 atom stereocenters. The summed E-state index contributed by atoms with van der Waals surface area (Å²) < 4.78 is 11.4. The summed E-state index contributed by atoms with van der Waals surface area (Å²) in [6, 6.07) is 4.58. The highest BCUT2D eigenvalue weighted by atomic mass is 35.5. The van der Waals surface area contributed by atoms with Crippen LogP contribution in [-0.4, -0.2) is 5.97 Å². The molecule has 1 rings (SSSR count). The fraction of sp³-hybridized carbons (Fsp3) is 0.125. The molecule has 0 fully saturated rings. The Morgan fingerprint density at radius 2 is 2.15 bits per heavy atom. The lowest BCUT2D eigenvalue weighted by Crippen LogP contribution is -2.02. The van der Waals surface area contributed by atoms with E-state index in [4.69, 9.17) is 23.2 Å². The summed E-state index contributed by atoms with van der Waals surface area (Å²) in [5.41, 5.74) is 0.480. The summed E-state index contributed by atoms with van der Waals surface area (Å²) in [7, 11) is 0. The fourth-order valence-corrected chi connectivity index (χ4v) is 1.32. The molecular weight excluding hydrogens is 218 g/mol. The van der Waals surface area contributed by atoms with Crippen LogP contribution in [-0.2, 0) is 16.2 Å². The second-order valence-electron chi connectivity index (χ2n) is 2.36. The van der Waals surface area contributed by atoms with Gasteiger partial charge in [0.1, 0.15) is 0 Å². The maximum atomic E-state index is 11.4. The molecule has 0 radical (unpaired) electrons. The molecule has 0 aliphatic carbocycles. The Bertz CT molecular complexity index is 328. The van der Waals surface area contributed by atoms with Crippen LogP contribution in [0.1, 0.15) is 5.56 Å². The lowest BCUT2D eigenvalue weighted by Gasteiger charge is -2.00. The van der Waals surface area contributed by atoms with Crippen LogP contribution in [0.4, 0.5) is 4.53 Å². The molecule has 5 heteroatoms. The lowest BCUT2D eigenvalue weighted by molar-refractivity contribution is -0.182. The molecule has 0 bridgehead atoms. The van der Waals surface area contributed by atoms with E-state index in [1.54, 1.807) is 12.1 Å². The number of hydrogen-bond acceptors (Lipinski definition) is 2. The molecular formula is C8H5Cl2FO2. The van der Waals surface area contributed by atoms with Crippen molar-refractivity contribution in [3.8, 4) is 0 Å². The van der Waals surface area contributed by atoms with Crippen LogP contribution < -0.4 is 0 Å². The number of halogens is 3. The number of hydrogen-bond donors (Lipinski definition) is 0. The Morgan fingerprint density at radius 3 is 2.69 bits per heavy atom. The van der Waals surface area contributed by atoms with Gasteiger partial charge in [0.05, 0.1) is 6.42 Å². The van der Waals surface area contributed by atoms with Gasteiger partial charge < -0.3 is 0 Å². The van der Waals surface area contributed by atoms with E-state index in [2.05, 4.69) is 4.94 Å². The smallest absolute Gasteiger partial charge is 0.255 e. The van der Waals surface area contributed by atoms with E-state index in [9.17, 15) is 9.32 Å². The third-order valence-electron chi connectivity index (χ3n) is 1.44. The zero-order valence-corrected chi connectivity index (χ0v) is 7.90. The van der Waals surface area contributed by atoms with Gasteiger partial charge in [-0.3, -0.25) is 4.94 Å². The van der Waals surface area contributed by atoms with Crippen LogP contribution in [0.2, 0.25) is 10.0 Å². The van der Waals surface area contributed by atoms with Gasteiger partial charge >= 0.3 is 5.97 Å². The Kier molecular flexibility index (Phi) is 3.51. The number of carbonyl (C=O) groups is 1. The third kappa shape index (κ3) is 2.86. The Labute approximate surface area is 84.1 Å². The SMILES string of the molecule is O=C(Cc1ccc(Cl)cc1Cl)OF. The minimum atomic E-state index is -0.982. The number of carbonyl (C=O) groups excluding carboxylic acids is 1. The zero-order chi connectivity index (χ0) is 9.84. The van der Waals surface area contributed by atoms with Gasteiger partial charge in [-0.15, -0.1) is 0 Å². The van der Waals surface area contributed by atoms with Crippen molar-refractivity contribution in [1.29, 1.82) is 0 Å². The molecule has 0 amide bonds. The van der Waals surface area contributed by atoms with Crippen molar-refractivity contribution in [2.24, 2.45) is 0 Å². The van der Waals surface area contributed by atoms with Gasteiger partial charge in [0.25, 0.3) is 0 Å². The zero-order valence-electron chi connectivity index (χ0n) is 6.39. The average Bonchev–Trinajstić information content (AvgIpc) is 2.09. The first-order valence-electron chi connectivity index (χ1n) is 3.39. The predicted octanol–water partition coefficient (Wildman–Crippen LogP) is 2.96. The van der Waals surface area contributed by atoms with Gasteiger partial charge in [-0.2, -0.15) is 0 Å². The molecule has 0 unspecified atom stereocenters. The van der Waals surface area contributed by atoms with E-state index >= 15 is 0 Å². The van der Waals surface area contributed by atoms with E-state index in [0.29, 0.717) is 15.6 Å². The first-order chi connectivity index (χ1) is 6.13. The second-order valence-corrected chi connectivity index (χ2v) is 3.21. The molecule has 70 valence electrons. The second kappa shape index (κ2) is 4.44. The molecule has 0 saturated carbocycles. The summed E-state index contributed by atoms with van der Waals surface area (Å²) >= 11 is 11.3. The highest BCUT2D eigenvalue weighted by molar-refractivity contribution is 6.35. The van der Waals surface area contributed by atoms with Crippen LogP contribution in [0.25, 0.3) is 0 Å². The van der Waals surface area contributed by atoms with Gasteiger partial charge in [0, 0.05) is 14.6 Å². The summed E-state index contributed by atoms with van der Waals surface area (Å²) in [6.07, 6.45) is -0.202.